The van der Waals surface area contributed by atoms with Gasteiger partial charge in [-0.25, -0.2) is 9.59 Å². The maximum Gasteiger partial charge on any atom is 0.412 e. The fourth-order valence-corrected chi connectivity index (χ4v) is 10.3. The minimum Gasteiger partial charge on any atom is -0.458 e. The van der Waals surface area contributed by atoms with Crippen molar-refractivity contribution in [2.24, 2.45) is 23.7 Å². The van der Waals surface area contributed by atoms with Crippen LogP contribution in [0.3, 0.4) is 0 Å². The van der Waals surface area contributed by atoms with Gasteiger partial charge in [0.15, 0.2) is 11.9 Å². The SMILES string of the molecule is CC[C@H]1OC(=O)[C@H](C)[C@@H](OC(=O)N2CCOC2C)[C@H](C)[C@@H](O[C@@H]2O[C@H](C)C[C@H](N(C)CC)[C@H]2O)[C@@](C)(OC)C[C@@H](C)C(=O)[C@@H](C)[C@H]2N(CCc3ccc(Cl)cc3)C(=O)O[C@]12C. The number of ketones is 1. The molecule has 1 aromatic carbocycles. The van der Waals surface area contributed by atoms with Gasteiger partial charge in [0.2, 0.25) is 0 Å². The number of aliphatic hydroxyl groups is 1. The molecule has 4 aliphatic heterocycles. The zero-order chi connectivity index (χ0) is 45.1. The number of ether oxygens (including phenoxy) is 7. The van der Waals surface area contributed by atoms with E-state index in [1.165, 1.54) is 12.0 Å². The van der Waals surface area contributed by atoms with Crippen LogP contribution in [0.1, 0.15) is 94.1 Å². The molecule has 4 heterocycles. The van der Waals surface area contributed by atoms with Gasteiger partial charge in [-0.2, -0.15) is 0 Å². The topological polar surface area (TPSA) is 163 Å². The Labute approximate surface area is 366 Å². The van der Waals surface area contributed by atoms with Gasteiger partial charge in [-0.1, -0.05) is 58.4 Å². The van der Waals surface area contributed by atoms with Crippen LogP contribution in [0, 0.1) is 23.7 Å². The first kappa shape index (κ1) is 49.0. The summed E-state index contributed by atoms with van der Waals surface area (Å²) in [5, 5.41) is 12.4. The summed E-state index contributed by atoms with van der Waals surface area (Å²) in [5.74, 6) is -4.22. The Kier molecular flexibility index (Phi) is 16.2. The van der Waals surface area contributed by atoms with E-state index in [-0.39, 0.29) is 43.9 Å². The van der Waals surface area contributed by atoms with Gasteiger partial charge in [-0.05, 0) is 91.6 Å². The number of halogens is 1. The zero-order valence-electron chi connectivity index (χ0n) is 38.1. The lowest BCUT2D eigenvalue weighted by Gasteiger charge is -2.48. The number of likely N-dealkylation sites (N-methyl/N-ethyl adjacent to an activating group) is 1. The Bertz CT molecular complexity index is 1690. The van der Waals surface area contributed by atoms with Crippen LogP contribution in [0.25, 0.3) is 0 Å². The van der Waals surface area contributed by atoms with Gasteiger partial charge in [-0.3, -0.25) is 19.4 Å². The van der Waals surface area contributed by atoms with Gasteiger partial charge in [-0.15, -0.1) is 0 Å². The Hall–Kier alpha value is -3.05. The maximum atomic E-state index is 14.9. The van der Waals surface area contributed by atoms with E-state index in [1.54, 1.807) is 51.7 Å². The van der Waals surface area contributed by atoms with Gasteiger partial charge in [0.05, 0.1) is 42.9 Å². The molecule has 0 bridgehead atoms. The number of esters is 1. The quantitative estimate of drug-likeness (QED) is 0.213. The van der Waals surface area contributed by atoms with E-state index in [9.17, 15) is 24.3 Å². The molecule has 4 aliphatic rings. The Balaban J connectivity index is 1.61. The molecular weight excluding hydrogens is 810 g/mol. The molecule has 0 radical (unpaired) electrons. The molecule has 15 atom stereocenters. The first-order valence-corrected chi connectivity index (χ1v) is 22.4. The normalized spacial score (nSPS) is 39.1. The molecule has 61 heavy (non-hydrogen) atoms. The lowest BCUT2D eigenvalue weighted by Crippen LogP contribution is -2.61. The number of methoxy groups -OCH3 is 1. The van der Waals surface area contributed by atoms with Gasteiger partial charge >= 0.3 is 18.2 Å². The molecule has 344 valence electrons. The number of carbonyl (C=O) groups is 4. The summed E-state index contributed by atoms with van der Waals surface area (Å²) in [5.41, 5.74) is -1.80. The number of nitrogens with zero attached hydrogens (tertiary/aromatic N) is 3. The number of benzene rings is 1. The molecular formula is C45H70ClN3O12. The van der Waals surface area contributed by atoms with E-state index in [4.69, 9.17) is 44.8 Å². The van der Waals surface area contributed by atoms with Crippen LogP contribution in [0.2, 0.25) is 5.02 Å². The highest BCUT2D eigenvalue weighted by molar-refractivity contribution is 6.30. The van der Waals surface area contributed by atoms with Gasteiger partial charge in [0.25, 0.3) is 0 Å². The standard InChI is InChI=1S/C45H70ClN3O12/c1-13-34-45(10)38(49(43(54)61-45)20-19-31-15-17-32(46)18-16-31)27(5)35(50)25(3)24-44(9,55-12)39(60-41-36(51)33(47(11)14-2)23-26(4)57-41)28(6)37(29(7)40(52)58-34)59-42(53)48-21-22-56-30(48)8/h15-18,25-30,33-34,36-39,41,51H,13-14,19-24H2,1-12H3/t25-,26-,27-,28+,29-,30?,33+,34-,36-,37+,38-,39-,41+,44+,45-/m1/s1. The van der Waals surface area contributed by atoms with Crippen molar-refractivity contribution in [3.63, 3.8) is 0 Å². The predicted octanol–water partition coefficient (Wildman–Crippen LogP) is 6.09. The summed E-state index contributed by atoms with van der Waals surface area (Å²) in [6.07, 6.45) is -6.17. The van der Waals surface area contributed by atoms with Crippen molar-refractivity contribution >= 4 is 35.5 Å². The summed E-state index contributed by atoms with van der Waals surface area (Å²) >= 11 is 6.15. The van der Waals surface area contributed by atoms with Crippen molar-refractivity contribution in [1.82, 2.24) is 14.7 Å². The summed E-state index contributed by atoms with van der Waals surface area (Å²) in [6, 6.07) is 6.22. The smallest absolute Gasteiger partial charge is 0.412 e. The van der Waals surface area contributed by atoms with Gasteiger partial charge in [0.1, 0.15) is 30.3 Å². The Morgan fingerprint density at radius 1 is 1.03 bits per heavy atom. The molecule has 4 fully saturated rings. The highest BCUT2D eigenvalue weighted by Crippen LogP contribution is 2.44. The van der Waals surface area contributed by atoms with E-state index >= 15 is 0 Å². The number of cyclic esters (lactones) is 1. The highest BCUT2D eigenvalue weighted by atomic mass is 35.5. The van der Waals surface area contributed by atoms with Crippen molar-refractivity contribution < 1.29 is 57.4 Å². The third-order valence-electron chi connectivity index (χ3n) is 13.9. The maximum absolute atomic E-state index is 14.9. The second-order valence-corrected chi connectivity index (χ2v) is 18.5. The molecule has 1 aromatic rings. The number of carbonyl (C=O) groups excluding carboxylic acids is 4. The van der Waals surface area contributed by atoms with Crippen LogP contribution in [-0.2, 0) is 49.2 Å². The van der Waals surface area contributed by atoms with Crippen molar-refractivity contribution in [3.05, 3.63) is 34.9 Å². The van der Waals surface area contributed by atoms with E-state index in [0.717, 1.165) is 5.56 Å². The zero-order valence-corrected chi connectivity index (χ0v) is 38.9. The van der Waals surface area contributed by atoms with E-state index < -0.39 is 96.0 Å². The first-order valence-electron chi connectivity index (χ1n) is 22.0. The third-order valence-corrected chi connectivity index (χ3v) is 14.1. The number of hydrogen-bond donors (Lipinski definition) is 1. The summed E-state index contributed by atoms with van der Waals surface area (Å²) in [6.45, 7) is 19.6. The molecule has 16 heteroatoms. The highest BCUT2D eigenvalue weighted by Gasteiger charge is 2.60. The van der Waals surface area contributed by atoms with Crippen LogP contribution in [0.15, 0.2) is 24.3 Å². The number of aliphatic hydroxyl groups excluding tert-OH is 1. The third kappa shape index (κ3) is 10.3. The minimum absolute atomic E-state index is 0.120. The molecule has 0 aromatic heterocycles. The van der Waals surface area contributed by atoms with Crippen molar-refractivity contribution in [3.8, 4) is 0 Å². The monoisotopic (exact) mass is 879 g/mol. The molecule has 15 nitrogen and oxygen atoms in total. The summed E-state index contributed by atoms with van der Waals surface area (Å²) in [7, 11) is 3.46. The number of rotatable bonds is 10. The fraction of sp³-hybridized carbons (Fsp3) is 0.778. The second kappa shape index (κ2) is 20.2. The molecule has 2 amide bonds. The lowest BCUT2D eigenvalue weighted by atomic mass is 9.73. The average molecular weight is 881 g/mol. The minimum atomic E-state index is -1.44. The van der Waals surface area contributed by atoms with Crippen molar-refractivity contribution in [1.29, 1.82) is 0 Å². The number of hydrogen-bond acceptors (Lipinski definition) is 13. The molecule has 0 saturated carbocycles. The van der Waals surface area contributed by atoms with Crippen LogP contribution < -0.4 is 0 Å². The van der Waals surface area contributed by atoms with E-state index in [1.807, 2.05) is 58.7 Å². The van der Waals surface area contributed by atoms with Crippen LogP contribution in [-0.4, -0.2) is 150 Å². The average Bonchev–Trinajstić information content (AvgIpc) is 3.78. The molecule has 0 spiro atoms. The van der Waals surface area contributed by atoms with Gasteiger partial charge < -0.3 is 43.2 Å². The molecule has 1 unspecified atom stereocenters. The molecule has 4 saturated heterocycles. The first-order chi connectivity index (χ1) is 28.7. The van der Waals surface area contributed by atoms with Crippen LogP contribution >= 0.6 is 11.6 Å². The predicted molar refractivity (Wildman–Crippen MR) is 227 cm³/mol. The lowest BCUT2D eigenvalue weighted by molar-refractivity contribution is -0.302. The van der Waals surface area contributed by atoms with Crippen LogP contribution in [0.5, 0.6) is 0 Å². The van der Waals surface area contributed by atoms with Crippen LogP contribution in [0.4, 0.5) is 9.59 Å². The van der Waals surface area contributed by atoms with E-state index in [0.29, 0.717) is 31.0 Å². The van der Waals surface area contributed by atoms with Crippen molar-refractivity contribution in [2.75, 3.05) is 40.4 Å². The van der Waals surface area contributed by atoms with E-state index in [2.05, 4.69) is 0 Å². The molecule has 1 N–H and O–H groups in total. The molecule has 0 aliphatic carbocycles. The number of fused-ring (bicyclic) bond motifs is 1. The fourth-order valence-electron chi connectivity index (χ4n) is 10.1. The van der Waals surface area contributed by atoms with Crippen molar-refractivity contribution in [2.45, 2.75) is 161 Å². The largest absolute Gasteiger partial charge is 0.458 e. The van der Waals surface area contributed by atoms with Gasteiger partial charge in [0, 0.05) is 42.5 Å². The molecule has 5 rings (SSSR count). The number of Topliss-reactive ketones (excluding diaryl/α,β-unsaturated/α-hetero) is 1. The second-order valence-electron chi connectivity index (χ2n) is 18.1. The number of amides is 2. The summed E-state index contributed by atoms with van der Waals surface area (Å²) < 4.78 is 44.2. The Morgan fingerprint density at radius 2 is 1.70 bits per heavy atom. The Morgan fingerprint density at radius 3 is 2.30 bits per heavy atom. The summed E-state index contributed by atoms with van der Waals surface area (Å²) in [4.78, 5) is 62.6.